The number of halogens is 4. The molecule has 1 N–H and O–H groups in total. The van der Waals surface area contributed by atoms with E-state index in [2.05, 4.69) is 21.0 Å². The summed E-state index contributed by atoms with van der Waals surface area (Å²) in [5.41, 5.74) is -2.96. The molecule has 6 nitrogen and oxygen atoms in total. The number of hydrogen-bond donors (Lipinski definition) is 1. The zero-order valence-corrected chi connectivity index (χ0v) is 15.8. The van der Waals surface area contributed by atoms with Gasteiger partial charge in [0.25, 0.3) is 5.56 Å². The minimum atomic E-state index is -4.71. The first-order valence-electron chi connectivity index (χ1n) is 7.92. The molecular formula is C15H21BrF3N3O3. The molecule has 1 aromatic heterocycles. The third-order valence-electron chi connectivity index (χ3n) is 3.90. The molecule has 0 saturated carbocycles. The van der Waals surface area contributed by atoms with Crippen LogP contribution in [0.3, 0.4) is 0 Å². The molecule has 1 aromatic rings. The van der Waals surface area contributed by atoms with Gasteiger partial charge in [-0.3, -0.25) is 14.6 Å². The number of nitrogens with zero attached hydrogens (tertiary/aromatic N) is 2. The first-order chi connectivity index (χ1) is 11.4. The number of aromatic nitrogens is 2. The number of carbonyl (C=O) groups excluding carboxylic acids is 1. The summed E-state index contributed by atoms with van der Waals surface area (Å²) in [7, 11) is 0. The fourth-order valence-electron chi connectivity index (χ4n) is 2.71. The van der Waals surface area contributed by atoms with E-state index in [0.717, 1.165) is 0 Å². The smallest absolute Gasteiger partial charge is 0.424 e. The van der Waals surface area contributed by atoms with Gasteiger partial charge in [0.1, 0.15) is 10.2 Å². The van der Waals surface area contributed by atoms with Crippen molar-refractivity contribution in [2.75, 3.05) is 13.1 Å². The number of aromatic amines is 1. The van der Waals surface area contributed by atoms with E-state index in [1.54, 1.807) is 25.7 Å². The molecule has 1 aliphatic heterocycles. The third kappa shape index (κ3) is 5.02. The van der Waals surface area contributed by atoms with Crippen molar-refractivity contribution in [2.45, 2.75) is 51.9 Å². The first kappa shape index (κ1) is 19.9. The van der Waals surface area contributed by atoms with Gasteiger partial charge in [-0.25, -0.2) is 4.79 Å². The van der Waals surface area contributed by atoms with E-state index >= 15 is 0 Å². The Morgan fingerprint density at radius 3 is 2.28 bits per heavy atom. The predicted molar refractivity (Wildman–Crippen MR) is 88.3 cm³/mol. The molecule has 2 rings (SSSR count). The Bertz CT molecular complexity index is 683. The average molecular weight is 428 g/mol. The molecular weight excluding hydrogens is 407 g/mol. The van der Waals surface area contributed by atoms with E-state index in [1.807, 2.05) is 0 Å². The maximum Gasteiger partial charge on any atom is 0.424 e. The number of H-pyrrole nitrogens is 1. The highest BCUT2D eigenvalue weighted by Crippen LogP contribution is 2.33. The summed E-state index contributed by atoms with van der Waals surface area (Å²) >= 11 is 2.86. The van der Waals surface area contributed by atoms with E-state index in [0.29, 0.717) is 25.9 Å². The second-order valence-electron chi connectivity index (χ2n) is 7.13. The lowest BCUT2D eigenvalue weighted by Crippen LogP contribution is -2.42. The van der Waals surface area contributed by atoms with Crippen LogP contribution >= 0.6 is 15.9 Å². The summed E-state index contributed by atoms with van der Waals surface area (Å²) in [6.07, 6.45) is -3.86. The maximum absolute atomic E-state index is 12.9. The molecule has 10 heteroatoms. The van der Waals surface area contributed by atoms with Crippen LogP contribution < -0.4 is 5.56 Å². The molecule has 25 heavy (non-hydrogen) atoms. The van der Waals surface area contributed by atoms with Crippen LogP contribution in [-0.4, -0.2) is 39.5 Å². The standard InChI is InChI=1S/C15H21BrF3N3O3/c1-14(2,3)25-13(24)21-6-4-9(5-7-21)8-22-11(16)10(12(23)20-22)15(17,18)19/h9H,4-8H2,1-3H3,(H,20,23). The molecule has 0 aliphatic carbocycles. The summed E-state index contributed by atoms with van der Waals surface area (Å²) in [6.45, 7) is 6.54. The number of piperidine rings is 1. The Morgan fingerprint density at radius 1 is 1.28 bits per heavy atom. The van der Waals surface area contributed by atoms with Gasteiger partial charge >= 0.3 is 12.3 Å². The van der Waals surface area contributed by atoms with Crippen LogP contribution in [-0.2, 0) is 17.5 Å². The van der Waals surface area contributed by atoms with Crippen LogP contribution in [0.5, 0.6) is 0 Å². The molecule has 0 atom stereocenters. The third-order valence-corrected chi connectivity index (χ3v) is 4.72. The van der Waals surface area contributed by atoms with Crippen LogP contribution in [0.25, 0.3) is 0 Å². The number of nitrogens with one attached hydrogen (secondary N) is 1. The number of likely N-dealkylation sites (tertiary alicyclic amines) is 1. The molecule has 1 amide bonds. The van der Waals surface area contributed by atoms with Crippen LogP contribution in [0, 0.1) is 5.92 Å². The topological polar surface area (TPSA) is 67.3 Å². The van der Waals surface area contributed by atoms with E-state index in [9.17, 15) is 22.8 Å². The number of hydrogen-bond acceptors (Lipinski definition) is 3. The Morgan fingerprint density at radius 2 is 1.84 bits per heavy atom. The minimum absolute atomic E-state index is 0.0547. The van der Waals surface area contributed by atoms with Gasteiger partial charge in [0.15, 0.2) is 5.56 Å². The molecule has 142 valence electrons. The molecule has 0 aromatic carbocycles. The zero-order valence-electron chi connectivity index (χ0n) is 14.2. The number of amides is 1. The van der Waals surface area contributed by atoms with Gasteiger partial charge in [-0.15, -0.1) is 0 Å². The van der Waals surface area contributed by atoms with E-state index < -0.39 is 22.9 Å². The highest BCUT2D eigenvalue weighted by molar-refractivity contribution is 9.10. The fraction of sp³-hybridized carbons (Fsp3) is 0.733. The van der Waals surface area contributed by atoms with Crippen molar-refractivity contribution in [2.24, 2.45) is 5.92 Å². The van der Waals surface area contributed by atoms with E-state index in [1.165, 1.54) is 4.68 Å². The quantitative estimate of drug-likeness (QED) is 0.783. The Kier molecular flexibility index (Phi) is 5.60. The summed E-state index contributed by atoms with van der Waals surface area (Å²) in [5, 5.41) is 2.22. The summed E-state index contributed by atoms with van der Waals surface area (Å²) < 4.78 is 44.8. The highest BCUT2D eigenvalue weighted by atomic mass is 79.9. The molecule has 2 heterocycles. The van der Waals surface area contributed by atoms with Crippen molar-refractivity contribution in [3.8, 4) is 0 Å². The Labute approximate surface area is 151 Å². The van der Waals surface area contributed by atoms with Crippen molar-refractivity contribution < 1.29 is 22.7 Å². The maximum atomic E-state index is 12.9. The van der Waals surface area contributed by atoms with Gasteiger partial charge < -0.3 is 9.64 Å². The normalized spacial score (nSPS) is 17.0. The second kappa shape index (κ2) is 7.05. The van der Waals surface area contributed by atoms with Gasteiger partial charge in [0, 0.05) is 19.6 Å². The number of ether oxygens (including phenoxy) is 1. The van der Waals surface area contributed by atoms with Crippen molar-refractivity contribution >= 4 is 22.0 Å². The van der Waals surface area contributed by atoms with Crippen molar-refractivity contribution in [3.63, 3.8) is 0 Å². The zero-order chi connectivity index (χ0) is 19.0. The minimum Gasteiger partial charge on any atom is -0.444 e. The predicted octanol–water partition coefficient (Wildman–Crippen LogP) is 3.60. The van der Waals surface area contributed by atoms with E-state index in [-0.39, 0.29) is 23.2 Å². The first-order valence-corrected chi connectivity index (χ1v) is 8.71. The lowest BCUT2D eigenvalue weighted by Gasteiger charge is -2.33. The van der Waals surface area contributed by atoms with Crippen LogP contribution in [0.1, 0.15) is 39.2 Å². The fourth-order valence-corrected chi connectivity index (χ4v) is 3.35. The van der Waals surface area contributed by atoms with Gasteiger partial charge in [-0.2, -0.15) is 13.2 Å². The van der Waals surface area contributed by atoms with Crippen LogP contribution in [0.2, 0.25) is 0 Å². The molecule has 0 bridgehead atoms. The Balaban J connectivity index is 1.97. The lowest BCUT2D eigenvalue weighted by atomic mass is 9.97. The molecule has 1 aliphatic rings. The monoisotopic (exact) mass is 427 g/mol. The Hall–Kier alpha value is -1.45. The summed E-state index contributed by atoms with van der Waals surface area (Å²) in [5.74, 6) is 0.0547. The number of carbonyl (C=O) groups is 1. The van der Waals surface area contributed by atoms with Crippen molar-refractivity contribution in [1.29, 1.82) is 0 Å². The SMILES string of the molecule is CC(C)(C)OC(=O)N1CCC(Cn2[nH]c(=O)c(C(F)(F)F)c2Br)CC1. The molecule has 0 spiro atoms. The number of rotatable bonds is 2. The lowest BCUT2D eigenvalue weighted by molar-refractivity contribution is -0.139. The van der Waals surface area contributed by atoms with Crippen LogP contribution in [0.4, 0.5) is 18.0 Å². The highest BCUT2D eigenvalue weighted by Gasteiger charge is 2.39. The molecule has 0 unspecified atom stereocenters. The van der Waals surface area contributed by atoms with Crippen molar-refractivity contribution in [3.05, 3.63) is 20.5 Å². The molecule has 0 radical (unpaired) electrons. The van der Waals surface area contributed by atoms with E-state index in [4.69, 9.17) is 4.74 Å². The van der Waals surface area contributed by atoms with Crippen molar-refractivity contribution in [1.82, 2.24) is 14.7 Å². The number of alkyl halides is 3. The van der Waals surface area contributed by atoms with Gasteiger partial charge in [0.05, 0.1) is 0 Å². The average Bonchev–Trinajstić information content (AvgIpc) is 2.71. The summed E-state index contributed by atoms with van der Waals surface area (Å²) in [6, 6.07) is 0. The van der Waals surface area contributed by atoms with Gasteiger partial charge in [-0.05, 0) is 55.5 Å². The summed E-state index contributed by atoms with van der Waals surface area (Å²) in [4.78, 5) is 25.1. The molecule has 1 fully saturated rings. The molecule has 1 saturated heterocycles. The van der Waals surface area contributed by atoms with Crippen LogP contribution in [0.15, 0.2) is 9.40 Å². The van der Waals surface area contributed by atoms with Gasteiger partial charge in [-0.1, -0.05) is 0 Å². The largest absolute Gasteiger partial charge is 0.444 e. The second-order valence-corrected chi connectivity index (χ2v) is 7.88. The van der Waals surface area contributed by atoms with Gasteiger partial charge in [0.2, 0.25) is 0 Å².